The molecule has 0 aliphatic carbocycles. The average Bonchev–Trinajstić information content (AvgIpc) is 2.47. The molecule has 1 N–H and O–H groups in total. The molecule has 0 aromatic heterocycles. The van der Waals surface area contributed by atoms with Crippen LogP contribution in [0.15, 0.2) is 18.2 Å². The highest BCUT2D eigenvalue weighted by Crippen LogP contribution is 2.14. The second-order valence-corrected chi connectivity index (χ2v) is 5.52. The minimum Gasteiger partial charge on any atom is -0.395 e. The van der Waals surface area contributed by atoms with Gasteiger partial charge in [-0.1, -0.05) is 43.7 Å². The van der Waals surface area contributed by atoms with E-state index >= 15 is 0 Å². The summed E-state index contributed by atoms with van der Waals surface area (Å²) in [7, 11) is 1.84. The molecule has 0 saturated carbocycles. The van der Waals surface area contributed by atoms with Crippen LogP contribution in [0.3, 0.4) is 0 Å². The van der Waals surface area contributed by atoms with Crippen LogP contribution in [0.5, 0.6) is 0 Å². The minimum absolute atomic E-state index is 0.00676. The van der Waals surface area contributed by atoms with Crippen LogP contribution < -0.4 is 0 Å². The van der Waals surface area contributed by atoms with E-state index in [4.69, 9.17) is 5.11 Å². The molecule has 0 aliphatic rings. The van der Waals surface area contributed by atoms with Crippen LogP contribution in [0.2, 0.25) is 0 Å². The van der Waals surface area contributed by atoms with E-state index in [1.54, 1.807) is 4.90 Å². The second kappa shape index (κ2) is 8.49. The average molecular weight is 287 g/mol. The maximum absolute atomic E-state index is 12.6. The lowest BCUT2D eigenvalue weighted by Gasteiger charge is -2.21. The number of carbonyl (C=O) groups is 1. The Bertz CT molecular complexity index is 540. The molecular weight excluding hydrogens is 262 g/mol. The van der Waals surface area contributed by atoms with Gasteiger partial charge in [0.1, 0.15) is 0 Å². The predicted octanol–water partition coefficient (Wildman–Crippen LogP) is 2.85. The monoisotopic (exact) mass is 287 g/mol. The largest absolute Gasteiger partial charge is 0.395 e. The third kappa shape index (κ3) is 5.24. The van der Waals surface area contributed by atoms with Crippen LogP contribution in [0.25, 0.3) is 0 Å². The predicted molar refractivity (Wildman–Crippen MR) is 86.2 cm³/mol. The molecule has 1 atom stereocenters. The van der Waals surface area contributed by atoms with E-state index in [1.165, 1.54) is 0 Å². The van der Waals surface area contributed by atoms with Gasteiger partial charge < -0.3 is 10.0 Å². The number of nitrogens with zero attached hydrogens (tertiary/aromatic N) is 1. The van der Waals surface area contributed by atoms with E-state index in [9.17, 15) is 4.79 Å². The van der Waals surface area contributed by atoms with Gasteiger partial charge in [-0.2, -0.15) is 0 Å². The number of benzene rings is 1. The summed E-state index contributed by atoms with van der Waals surface area (Å²) >= 11 is 0. The zero-order chi connectivity index (χ0) is 15.8. The molecule has 3 heteroatoms. The minimum atomic E-state index is 0.00676. The van der Waals surface area contributed by atoms with E-state index in [1.807, 2.05) is 32.2 Å². The highest BCUT2D eigenvalue weighted by atomic mass is 16.2. The molecule has 0 aliphatic heterocycles. The highest BCUT2D eigenvalue weighted by molar-refractivity contribution is 5.96. The van der Waals surface area contributed by atoms with Crippen molar-refractivity contribution in [2.75, 3.05) is 20.2 Å². The van der Waals surface area contributed by atoms with Gasteiger partial charge in [-0.25, -0.2) is 0 Å². The van der Waals surface area contributed by atoms with Crippen molar-refractivity contribution in [2.24, 2.45) is 5.92 Å². The number of hydrogen-bond acceptors (Lipinski definition) is 2. The fourth-order valence-electron chi connectivity index (χ4n) is 2.04. The van der Waals surface area contributed by atoms with Gasteiger partial charge in [0, 0.05) is 25.6 Å². The molecule has 0 fully saturated rings. The lowest BCUT2D eigenvalue weighted by molar-refractivity contribution is 0.0774. The summed E-state index contributed by atoms with van der Waals surface area (Å²) in [6.45, 7) is 7.02. The topological polar surface area (TPSA) is 40.5 Å². The van der Waals surface area contributed by atoms with Crippen molar-refractivity contribution >= 4 is 5.91 Å². The van der Waals surface area contributed by atoms with Crippen molar-refractivity contribution in [2.45, 2.75) is 33.6 Å². The Morgan fingerprint density at radius 1 is 1.43 bits per heavy atom. The molecule has 1 aromatic rings. The molecule has 0 heterocycles. The van der Waals surface area contributed by atoms with Gasteiger partial charge >= 0.3 is 0 Å². The summed E-state index contributed by atoms with van der Waals surface area (Å²) < 4.78 is 0. The molecule has 1 aromatic carbocycles. The van der Waals surface area contributed by atoms with Crippen LogP contribution in [0.1, 0.15) is 48.2 Å². The second-order valence-electron chi connectivity index (χ2n) is 5.52. The lowest BCUT2D eigenvalue weighted by atomic mass is 10.0. The molecule has 0 spiro atoms. The van der Waals surface area contributed by atoms with Crippen LogP contribution >= 0.6 is 0 Å². The number of aryl methyl sites for hydroxylation is 1. The Balaban J connectivity index is 3.02. The van der Waals surface area contributed by atoms with Gasteiger partial charge in [0.25, 0.3) is 5.91 Å². The normalized spacial score (nSPS) is 11.5. The number of aliphatic hydroxyl groups excluding tert-OH is 1. The number of carbonyl (C=O) groups excluding carboxylic acids is 1. The van der Waals surface area contributed by atoms with Crippen LogP contribution in [-0.2, 0) is 0 Å². The van der Waals surface area contributed by atoms with Crippen molar-refractivity contribution in [3.63, 3.8) is 0 Å². The summed E-state index contributed by atoms with van der Waals surface area (Å²) in [4.78, 5) is 14.4. The molecule has 1 unspecified atom stereocenters. The fourth-order valence-corrected chi connectivity index (χ4v) is 2.04. The molecule has 1 rings (SSSR count). The summed E-state index contributed by atoms with van der Waals surface area (Å²) in [5, 5.41) is 8.80. The third-order valence-corrected chi connectivity index (χ3v) is 3.49. The van der Waals surface area contributed by atoms with Crippen molar-refractivity contribution in [1.29, 1.82) is 0 Å². The maximum atomic E-state index is 12.6. The molecule has 0 radical (unpaired) electrons. The quantitative estimate of drug-likeness (QED) is 0.846. The van der Waals surface area contributed by atoms with E-state index in [-0.39, 0.29) is 12.5 Å². The zero-order valence-electron chi connectivity index (χ0n) is 13.4. The summed E-state index contributed by atoms with van der Waals surface area (Å²) in [5.41, 5.74) is 2.42. The summed E-state index contributed by atoms with van der Waals surface area (Å²) in [6, 6.07) is 5.72. The van der Waals surface area contributed by atoms with Crippen LogP contribution in [-0.4, -0.2) is 36.1 Å². The van der Waals surface area contributed by atoms with Crippen LogP contribution in [0, 0.1) is 24.7 Å². The standard InChI is InChI=1S/C18H25NO2/c1-5-14(2)13-19(4)18(21)17-12-15(3)9-10-16(17)8-6-7-11-20/h9-10,12,14,20H,5,7,11,13H2,1-4H3. The maximum Gasteiger partial charge on any atom is 0.254 e. The molecule has 114 valence electrons. The molecule has 3 nitrogen and oxygen atoms in total. The van der Waals surface area contributed by atoms with Gasteiger partial charge in [0.2, 0.25) is 0 Å². The number of rotatable bonds is 5. The Morgan fingerprint density at radius 3 is 2.76 bits per heavy atom. The number of aliphatic hydroxyl groups is 1. The third-order valence-electron chi connectivity index (χ3n) is 3.49. The van der Waals surface area contributed by atoms with E-state index in [2.05, 4.69) is 25.7 Å². The van der Waals surface area contributed by atoms with Gasteiger partial charge in [0.05, 0.1) is 12.2 Å². The highest BCUT2D eigenvalue weighted by Gasteiger charge is 2.16. The Labute approximate surface area is 128 Å². The summed E-state index contributed by atoms with van der Waals surface area (Å²) in [6.07, 6.45) is 1.47. The lowest BCUT2D eigenvalue weighted by Crippen LogP contribution is -2.31. The molecule has 0 bridgehead atoms. The smallest absolute Gasteiger partial charge is 0.254 e. The van der Waals surface area contributed by atoms with Crippen molar-refractivity contribution in [3.8, 4) is 11.8 Å². The molecular formula is C18H25NO2. The van der Waals surface area contributed by atoms with E-state index in [0.717, 1.165) is 24.1 Å². The fraction of sp³-hybridized carbons (Fsp3) is 0.500. The van der Waals surface area contributed by atoms with Crippen LogP contribution in [0.4, 0.5) is 0 Å². The first kappa shape index (κ1) is 17.3. The first-order valence-corrected chi connectivity index (χ1v) is 7.45. The van der Waals surface area contributed by atoms with Crippen molar-refractivity contribution in [1.82, 2.24) is 4.90 Å². The van der Waals surface area contributed by atoms with Gasteiger partial charge in [-0.15, -0.1) is 0 Å². The van der Waals surface area contributed by atoms with Crippen molar-refractivity contribution < 1.29 is 9.90 Å². The van der Waals surface area contributed by atoms with Crippen molar-refractivity contribution in [3.05, 3.63) is 34.9 Å². The van der Waals surface area contributed by atoms with Gasteiger partial charge in [-0.3, -0.25) is 4.79 Å². The molecule has 0 saturated heterocycles. The Kier molecular flexibility index (Phi) is 6.98. The van der Waals surface area contributed by atoms with E-state index in [0.29, 0.717) is 17.9 Å². The SMILES string of the molecule is CCC(C)CN(C)C(=O)c1cc(C)ccc1C#CCCO. The molecule has 21 heavy (non-hydrogen) atoms. The van der Waals surface area contributed by atoms with Gasteiger partial charge in [-0.05, 0) is 25.0 Å². The zero-order valence-corrected chi connectivity index (χ0v) is 13.4. The summed E-state index contributed by atoms with van der Waals surface area (Å²) in [5.74, 6) is 6.36. The number of amides is 1. The Hall–Kier alpha value is -1.79. The van der Waals surface area contributed by atoms with Gasteiger partial charge in [0.15, 0.2) is 0 Å². The number of hydrogen-bond donors (Lipinski definition) is 1. The Morgan fingerprint density at radius 2 is 2.14 bits per heavy atom. The first-order valence-electron chi connectivity index (χ1n) is 7.45. The first-order chi connectivity index (χ1) is 9.99. The van der Waals surface area contributed by atoms with E-state index < -0.39 is 0 Å². The molecule has 1 amide bonds.